The highest BCUT2D eigenvalue weighted by molar-refractivity contribution is 6.16. The van der Waals surface area contributed by atoms with Gasteiger partial charge in [-0.3, -0.25) is 9.59 Å². The second kappa shape index (κ2) is 8.20. The number of hydrogen-bond acceptors (Lipinski definition) is 4. The van der Waals surface area contributed by atoms with Crippen LogP contribution in [-0.4, -0.2) is 16.7 Å². The van der Waals surface area contributed by atoms with E-state index in [-0.39, 0.29) is 22.7 Å². The van der Waals surface area contributed by atoms with Gasteiger partial charge in [0.1, 0.15) is 17.2 Å². The van der Waals surface area contributed by atoms with Crippen molar-refractivity contribution in [2.75, 3.05) is 5.73 Å². The van der Waals surface area contributed by atoms with Crippen molar-refractivity contribution >= 4 is 17.4 Å². The Balaban J connectivity index is 1.69. The van der Waals surface area contributed by atoms with Crippen LogP contribution in [0.5, 0.6) is 11.5 Å². The Labute approximate surface area is 179 Å². The van der Waals surface area contributed by atoms with Crippen LogP contribution in [0, 0.1) is 6.92 Å². The lowest BCUT2D eigenvalue weighted by molar-refractivity contribution is 0.100. The molecule has 0 bridgehead atoms. The van der Waals surface area contributed by atoms with E-state index in [0.717, 1.165) is 5.56 Å². The zero-order valence-electron chi connectivity index (χ0n) is 16.9. The second-order valence-electron chi connectivity index (χ2n) is 7.16. The van der Waals surface area contributed by atoms with Gasteiger partial charge in [-0.1, -0.05) is 48.0 Å². The van der Waals surface area contributed by atoms with Crippen LogP contribution in [0.1, 0.15) is 32.0 Å². The predicted molar refractivity (Wildman–Crippen MR) is 120 cm³/mol. The van der Waals surface area contributed by atoms with Gasteiger partial charge in [-0.2, -0.15) is 0 Å². The maximum absolute atomic E-state index is 13.0. The van der Waals surface area contributed by atoms with Gasteiger partial charge in [0.15, 0.2) is 0 Å². The molecule has 0 atom stereocenters. The molecule has 4 aromatic rings. The van der Waals surface area contributed by atoms with E-state index in [0.29, 0.717) is 28.3 Å². The van der Waals surface area contributed by atoms with Crippen molar-refractivity contribution in [2.24, 2.45) is 5.73 Å². The van der Waals surface area contributed by atoms with Crippen LogP contribution in [0.15, 0.2) is 78.9 Å². The van der Waals surface area contributed by atoms with Crippen LogP contribution in [-0.2, 0) is 0 Å². The van der Waals surface area contributed by atoms with E-state index in [2.05, 4.69) is 4.98 Å². The van der Waals surface area contributed by atoms with Crippen molar-refractivity contribution in [3.8, 4) is 22.8 Å². The Kier molecular flexibility index (Phi) is 5.28. The lowest BCUT2D eigenvalue weighted by Gasteiger charge is -2.07. The van der Waals surface area contributed by atoms with Gasteiger partial charge >= 0.3 is 0 Å². The Morgan fingerprint density at radius 2 is 1.45 bits per heavy atom. The summed E-state index contributed by atoms with van der Waals surface area (Å²) in [7, 11) is 0. The molecule has 154 valence electrons. The summed E-state index contributed by atoms with van der Waals surface area (Å²) >= 11 is 0. The van der Waals surface area contributed by atoms with Crippen molar-refractivity contribution in [3.05, 3.63) is 101 Å². The van der Waals surface area contributed by atoms with Gasteiger partial charge in [-0.25, -0.2) is 0 Å². The van der Waals surface area contributed by atoms with Gasteiger partial charge in [-0.05, 0) is 48.9 Å². The minimum atomic E-state index is -0.712. The number of amides is 1. The summed E-state index contributed by atoms with van der Waals surface area (Å²) in [5.41, 5.74) is 14.6. The number of para-hydroxylation sites is 1. The van der Waals surface area contributed by atoms with Gasteiger partial charge in [-0.15, -0.1) is 0 Å². The zero-order chi connectivity index (χ0) is 22.0. The molecule has 4 rings (SSSR count). The number of carbonyl (C=O) groups is 2. The fraction of sp³-hybridized carbons (Fsp3) is 0.0400. The molecular formula is C25H21N3O3. The molecule has 31 heavy (non-hydrogen) atoms. The molecule has 1 heterocycles. The highest BCUT2D eigenvalue weighted by atomic mass is 16.5. The Morgan fingerprint density at radius 3 is 2.06 bits per heavy atom. The lowest BCUT2D eigenvalue weighted by Crippen LogP contribution is -2.14. The maximum atomic E-state index is 13.0. The number of carbonyl (C=O) groups excluding carboxylic acids is 2. The first-order valence-corrected chi connectivity index (χ1v) is 9.70. The summed E-state index contributed by atoms with van der Waals surface area (Å²) in [5, 5.41) is 0. The summed E-state index contributed by atoms with van der Waals surface area (Å²) in [6.45, 7) is 1.94. The van der Waals surface area contributed by atoms with Crippen molar-refractivity contribution in [2.45, 2.75) is 6.92 Å². The Bertz CT molecular complexity index is 1240. The summed E-state index contributed by atoms with van der Waals surface area (Å²) in [5.74, 6) is 0.320. The quantitative estimate of drug-likeness (QED) is 0.400. The third-order valence-electron chi connectivity index (χ3n) is 4.95. The number of benzene rings is 3. The number of aryl methyl sites for hydroxylation is 1. The van der Waals surface area contributed by atoms with Crippen LogP contribution < -0.4 is 16.2 Å². The number of H-pyrrole nitrogens is 1. The molecule has 0 spiro atoms. The zero-order valence-corrected chi connectivity index (χ0v) is 16.9. The minimum Gasteiger partial charge on any atom is -0.457 e. The van der Waals surface area contributed by atoms with Crippen LogP contribution in [0.2, 0.25) is 0 Å². The summed E-state index contributed by atoms with van der Waals surface area (Å²) in [4.78, 5) is 28.1. The van der Waals surface area contributed by atoms with Crippen LogP contribution in [0.4, 0.5) is 5.69 Å². The summed E-state index contributed by atoms with van der Waals surface area (Å²) in [6.07, 6.45) is 0. The first-order chi connectivity index (χ1) is 14.9. The van der Waals surface area contributed by atoms with E-state index in [1.165, 1.54) is 0 Å². The van der Waals surface area contributed by atoms with Crippen molar-refractivity contribution in [1.82, 2.24) is 4.98 Å². The molecule has 0 fully saturated rings. The molecule has 0 saturated heterocycles. The smallest absolute Gasteiger partial charge is 0.253 e. The lowest BCUT2D eigenvalue weighted by atomic mass is 10.0. The molecule has 0 radical (unpaired) electrons. The largest absolute Gasteiger partial charge is 0.457 e. The molecular weight excluding hydrogens is 390 g/mol. The molecule has 6 heteroatoms. The van der Waals surface area contributed by atoms with Gasteiger partial charge in [0.25, 0.3) is 5.91 Å². The van der Waals surface area contributed by atoms with E-state index < -0.39 is 5.91 Å². The van der Waals surface area contributed by atoms with E-state index in [1.54, 1.807) is 36.4 Å². The number of aromatic amines is 1. The highest BCUT2D eigenvalue weighted by Crippen LogP contribution is 2.33. The normalized spacial score (nSPS) is 10.6. The predicted octanol–water partition coefficient (Wildman–Crippen LogP) is 4.69. The number of aromatic nitrogens is 1. The molecule has 1 aromatic heterocycles. The van der Waals surface area contributed by atoms with Crippen molar-refractivity contribution in [3.63, 3.8) is 0 Å². The fourth-order valence-corrected chi connectivity index (χ4v) is 3.33. The average Bonchev–Trinajstić information content (AvgIpc) is 3.12. The molecule has 6 nitrogen and oxygen atoms in total. The molecule has 0 aliphatic heterocycles. The molecule has 0 unspecified atom stereocenters. The summed E-state index contributed by atoms with van der Waals surface area (Å²) < 4.78 is 5.80. The van der Waals surface area contributed by atoms with Crippen LogP contribution in [0.3, 0.4) is 0 Å². The maximum Gasteiger partial charge on any atom is 0.253 e. The Morgan fingerprint density at radius 1 is 0.839 bits per heavy atom. The van der Waals surface area contributed by atoms with Crippen LogP contribution in [0.25, 0.3) is 11.3 Å². The first-order valence-electron chi connectivity index (χ1n) is 9.70. The fourth-order valence-electron chi connectivity index (χ4n) is 3.33. The minimum absolute atomic E-state index is 0.0395. The molecule has 0 aliphatic carbocycles. The molecule has 3 aromatic carbocycles. The topological polar surface area (TPSA) is 111 Å². The van der Waals surface area contributed by atoms with Crippen molar-refractivity contribution < 1.29 is 14.3 Å². The number of ketones is 1. The number of rotatable bonds is 6. The third-order valence-corrected chi connectivity index (χ3v) is 4.95. The average molecular weight is 411 g/mol. The number of nitrogens with two attached hydrogens (primary N) is 2. The first kappa shape index (κ1) is 20.0. The number of primary amides is 1. The number of anilines is 1. The monoisotopic (exact) mass is 411 g/mol. The number of nitrogen functional groups attached to an aromatic ring is 1. The van der Waals surface area contributed by atoms with Gasteiger partial charge in [0.2, 0.25) is 5.78 Å². The third kappa shape index (κ3) is 4.04. The highest BCUT2D eigenvalue weighted by Gasteiger charge is 2.25. The van der Waals surface area contributed by atoms with Crippen LogP contribution >= 0.6 is 0 Å². The molecule has 1 amide bonds. The summed E-state index contributed by atoms with van der Waals surface area (Å²) in [6, 6.07) is 23.6. The van der Waals surface area contributed by atoms with Crippen molar-refractivity contribution in [1.29, 1.82) is 0 Å². The standard InChI is InChI=1S/C25H21N3O3/c1-15-7-9-17(10-8-15)24(29)23-21(26)20(25(27)30)22(28-23)16-11-13-19(14-12-16)31-18-5-3-2-4-6-18/h2-14,28H,26H2,1H3,(H2,27,30). The number of hydrogen-bond donors (Lipinski definition) is 3. The van der Waals surface area contributed by atoms with Gasteiger partial charge in [0, 0.05) is 5.56 Å². The van der Waals surface area contributed by atoms with Gasteiger partial charge in [0.05, 0.1) is 16.9 Å². The molecule has 0 saturated carbocycles. The second-order valence-corrected chi connectivity index (χ2v) is 7.16. The molecule has 5 N–H and O–H groups in total. The SMILES string of the molecule is Cc1ccc(C(=O)c2[nH]c(-c3ccc(Oc4ccccc4)cc3)c(C(N)=O)c2N)cc1. The number of nitrogens with one attached hydrogen (secondary N) is 1. The number of ether oxygens (including phenoxy) is 1. The van der Waals surface area contributed by atoms with E-state index >= 15 is 0 Å². The van der Waals surface area contributed by atoms with E-state index in [4.69, 9.17) is 16.2 Å². The Hall–Kier alpha value is -4.32. The van der Waals surface area contributed by atoms with Gasteiger partial charge < -0.3 is 21.2 Å². The van der Waals surface area contributed by atoms with E-state index in [1.807, 2.05) is 49.4 Å². The van der Waals surface area contributed by atoms with E-state index in [9.17, 15) is 9.59 Å². The molecule has 0 aliphatic rings.